The highest BCUT2D eigenvalue weighted by Gasteiger charge is 2.63. The number of benzene rings is 2. The summed E-state index contributed by atoms with van der Waals surface area (Å²) in [4.78, 5) is 32.3. The van der Waals surface area contributed by atoms with Gasteiger partial charge in [-0.05, 0) is 36.6 Å². The average Bonchev–Trinajstić information content (AvgIpc) is 3.20. The van der Waals surface area contributed by atoms with Crippen molar-refractivity contribution in [3.63, 3.8) is 0 Å². The normalized spacial score (nSPS) is 22.4. The number of anilines is 1. The highest BCUT2D eigenvalue weighted by Crippen LogP contribution is 2.47. The van der Waals surface area contributed by atoms with Crippen molar-refractivity contribution in [2.75, 3.05) is 11.4 Å². The van der Waals surface area contributed by atoms with Gasteiger partial charge in [0.15, 0.2) is 11.2 Å². The van der Waals surface area contributed by atoms with Gasteiger partial charge in [-0.25, -0.2) is 14.5 Å². The Balaban J connectivity index is 1.78. The molecule has 2 aliphatic heterocycles. The van der Waals surface area contributed by atoms with E-state index in [0.717, 1.165) is 4.90 Å². The summed E-state index contributed by atoms with van der Waals surface area (Å²) in [7, 11) is 0. The minimum atomic E-state index is -1.38. The van der Waals surface area contributed by atoms with Crippen molar-refractivity contribution in [1.82, 2.24) is 4.90 Å². The van der Waals surface area contributed by atoms with Gasteiger partial charge in [-0.2, -0.15) is 0 Å². The van der Waals surface area contributed by atoms with E-state index in [1.807, 2.05) is 0 Å². The molecule has 2 heterocycles. The van der Waals surface area contributed by atoms with Crippen molar-refractivity contribution in [2.45, 2.75) is 24.5 Å². The molecule has 0 spiro atoms. The first-order valence-corrected chi connectivity index (χ1v) is 9.42. The monoisotopic (exact) mass is 415 g/mol. The molecule has 0 bridgehead atoms. The first-order valence-electron chi connectivity index (χ1n) is 8.66. The van der Waals surface area contributed by atoms with Crippen LogP contribution in [0.3, 0.4) is 0 Å². The molecule has 142 valence electrons. The molecular formula is C20H15Cl2N3O3. The van der Waals surface area contributed by atoms with E-state index in [1.54, 1.807) is 24.3 Å². The van der Waals surface area contributed by atoms with E-state index in [-0.39, 0.29) is 5.69 Å². The number of hydrogen-bond acceptors (Lipinski definition) is 3. The van der Waals surface area contributed by atoms with Crippen LogP contribution in [-0.2, 0) is 4.79 Å². The summed E-state index contributed by atoms with van der Waals surface area (Å²) in [5, 5.41) is 11.7. The standard InChI is InChI=1S/C20H15Cl2N3O3/c1-23-15-5-3-12(4-6-15)17(26)20-7-2-8-24(20)19(28)25(18(20)27)16-10-13(21)9-14(22)11-16/h3-6,9-11,17,26H,2,7-8H2. The van der Waals surface area contributed by atoms with Gasteiger partial charge in [0.05, 0.1) is 12.3 Å². The van der Waals surface area contributed by atoms with Crippen molar-refractivity contribution in [1.29, 1.82) is 0 Å². The van der Waals surface area contributed by atoms with Gasteiger partial charge in [0.2, 0.25) is 0 Å². The van der Waals surface area contributed by atoms with Crippen LogP contribution in [0.5, 0.6) is 0 Å². The number of nitrogens with zero attached hydrogens (tertiary/aromatic N) is 3. The number of amides is 3. The van der Waals surface area contributed by atoms with E-state index in [0.29, 0.717) is 40.7 Å². The molecule has 4 rings (SSSR count). The Hall–Kier alpha value is -2.59. The minimum Gasteiger partial charge on any atom is -0.385 e. The fourth-order valence-corrected chi connectivity index (χ4v) is 4.55. The van der Waals surface area contributed by atoms with Gasteiger partial charge in [0, 0.05) is 16.6 Å². The van der Waals surface area contributed by atoms with Crippen LogP contribution >= 0.6 is 23.2 Å². The Morgan fingerprint density at radius 1 is 1.11 bits per heavy atom. The molecule has 0 aromatic heterocycles. The summed E-state index contributed by atoms with van der Waals surface area (Å²) in [5.74, 6) is -0.505. The Kier molecular flexibility index (Phi) is 4.54. The number of carbonyl (C=O) groups excluding carboxylic acids is 2. The lowest BCUT2D eigenvalue weighted by Gasteiger charge is -2.33. The maximum absolute atomic E-state index is 13.4. The summed E-state index contributed by atoms with van der Waals surface area (Å²) >= 11 is 12.1. The Morgan fingerprint density at radius 2 is 1.75 bits per heavy atom. The molecule has 0 radical (unpaired) electrons. The van der Waals surface area contributed by atoms with Crippen LogP contribution in [-0.4, -0.2) is 34.0 Å². The summed E-state index contributed by atoms with van der Waals surface area (Å²) in [5.41, 5.74) is -0.199. The molecule has 2 saturated heterocycles. The van der Waals surface area contributed by atoms with Crippen LogP contribution in [0.4, 0.5) is 16.2 Å². The molecular weight excluding hydrogens is 401 g/mol. The molecule has 6 nitrogen and oxygen atoms in total. The van der Waals surface area contributed by atoms with E-state index < -0.39 is 23.6 Å². The molecule has 2 atom stereocenters. The van der Waals surface area contributed by atoms with Crippen LogP contribution in [0.15, 0.2) is 42.5 Å². The molecule has 2 aromatic rings. The van der Waals surface area contributed by atoms with Gasteiger partial charge < -0.3 is 10.0 Å². The van der Waals surface area contributed by atoms with E-state index in [1.165, 1.54) is 23.1 Å². The lowest BCUT2D eigenvalue weighted by atomic mass is 9.85. The smallest absolute Gasteiger partial charge is 0.332 e. The molecule has 2 aromatic carbocycles. The van der Waals surface area contributed by atoms with Gasteiger partial charge in [-0.15, -0.1) is 0 Å². The first-order chi connectivity index (χ1) is 13.4. The fourth-order valence-electron chi connectivity index (χ4n) is 4.04. The van der Waals surface area contributed by atoms with E-state index >= 15 is 0 Å². The van der Waals surface area contributed by atoms with Crippen LogP contribution < -0.4 is 4.90 Å². The second-order valence-corrected chi connectivity index (χ2v) is 7.71. The molecule has 0 aliphatic carbocycles. The number of halogens is 2. The molecule has 1 N–H and O–H groups in total. The number of aliphatic hydroxyl groups excluding tert-OH is 1. The summed E-state index contributed by atoms with van der Waals surface area (Å²) in [6, 6.07) is 10.4. The quantitative estimate of drug-likeness (QED) is 0.589. The van der Waals surface area contributed by atoms with Crippen molar-refractivity contribution < 1.29 is 14.7 Å². The van der Waals surface area contributed by atoms with Gasteiger partial charge in [-0.1, -0.05) is 47.5 Å². The fraction of sp³-hybridized carbons (Fsp3) is 0.250. The molecule has 2 aliphatic rings. The third-order valence-corrected chi connectivity index (χ3v) is 5.75. The Morgan fingerprint density at radius 3 is 2.36 bits per heavy atom. The zero-order chi connectivity index (χ0) is 20.1. The number of fused-ring (bicyclic) bond motifs is 1. The van der Waals surface area contributed by atoms with Crippen molar-refractivity contribution in [2.24, 2.45) is 0 Å². The predicted molar refractivity (Wildman–Crippen MR) is 106 cm³/mol. The Bertz CT molecular complexity index is 998. The second-order valence-electron chi connectivity index (χ2n) is 6.84. The van der Waals surface area contributed by atoms with Crippen molar-refractivity contribution >= 4 is 46.5 Å². The number of hydrogen-bond donors (Lipinski definition) is 1. The summed E-state index contributed by atoms with van der Waals surface area (Å²) in [6.07, 6.45) is -0.265. The number of urea groups is 1. The highest BCUT2D eigenvalue weighted by atomic mass is 35.5. The summed E-state index contributed by atoms with van der Waals surface area (Å²) < 4.78 is 0. The SMILES string of the molecule is [C-]#[N+]c1ccc(C(O)C23CCCN2C(=O)N(c2cc(Cl)cc(Cl)c2)C3=O)cc1. The molecule has 2 unspecified atom stereocenters. The molecule has 2 fully saturated rings. The third-order valence-electron chi connectivity index (χ3n) is 5.31. The second kappa shape index (κ2) is 6.78. The van der Waals surface area contributed by atoms with Gasteiger partial charge in [0.1, 0.15) is 6.10 Å². The molecule has 28 heavy (non-hydrogen) atoms. The maximum atomic E-state index is 13.4. The topological polar surface area (TPSA) is 65.2 Å². The predicted octanol–water partition coefficient (Wildman–Crippen LogP) is 4.58. The molecule has 8 heteroatoms. The number of imide groups is 1. The lowest BCUT2D eigenvalue weighted by molar-refractivity contribution is -0.129. The summed E-state index contributed by atoms with van der Waals surface area (Å²) in [6.45, 7) is 7.41. The van der Waals surface area contributed by atoms with Crippen LogP contribution in [0.2, 0.25) is 10.0 Å². The van der Waals surface area contributed by atoms with Gasteiger partial charge in [0.25, 0.3) is 5.91 Å². The average molecular weight is 416 g/mol. The highest BCUT2D eigenvalue weighted by molar-refractivity contribution is 6.35. The largest absolute Gasteiger partial charge is 0.385 e. The minimum absolute atomic E-state index is 0.275. The maximum Gasteiger partial charge on any atom is 0.332 e. The van der Waals surface area contributed by atoms with Crippen LogP contribution in [0, 0.1) is 6.57 Å². The van der Waals surface area contributed by atoms with Crippen molar-refractivity contribution in [3.05, 3.63) is 69.5 Å². The lowest BCUT2D eigenvalue weighted by Crippen LogP contribution is -2.50. The first kappa shape index (κ1) is 18.8. The van der Waals surface area contributed by atoms with Gasteiger partial charge >= 0.3 is 6.03 Å². The van der Waals surface area contributed by atoms with E-state index in [2.05, 4.69) is 4.85 Å². The van der Waals surface area contributed by atoms with E-state index in [4.69, 9.17) is 29.8 Å². The molecule has 3 amide bonds. The third kappa shape index (κ3) is 2.67. The Labute approximate surface area is 171 Å². The zero-order valence-corrected chi connectivity index (χ0v) is 16.1. The van der Waals surface area contributed by atoms with E-state index in [9.17, 15) is 14.7 Å². The molecule has 0 saturated carbocycles. The van der Waals surface area contributed by atoms with Crippen molar-refractivity contribution in [3.8, 4) is 0 Å². The number of carbonyl (C=O) groups is 2. The van der Waals surface area contributed by atoms with Gasteiger partial charge in [-0.3, -0.25) is 4.79 Å². The van der Waals surface area contributed by atoms with Crippen LogP contribution in [0.1, 0.15) is 24.5 Å². The number of rotatable bonds is 3. The van der Waals surface area contributed by atoms with Crippen LogP contribution in [0.25, 0.3) is 4.85 Å². The zero-order valence-electron chi connectivity index (χ0n) is 14.6. The number of aliphatic hydroxyl groups is 1.